The number of methoxy groups -OCH3 is 2. The fraction of sp³-hybridized carbons (Fsp3) is 0.389. The molecule has 1 N–H and O–H groups in total. The van der Waals surface area contributed by atoms with Gasteiger partial charge in [-0.15, -0.1) is 0 Å². The number of hydrogen-bond acceptors (Lipinski definition) is 3. The minimum Gasteiger partial charge on any atom is -0.497 e. The number of carbonyl (C=O) groups is 1. The van der Waals surface area contributed by atoms with E-state index in [0.29, 0.717) is 0 Å². The average molecular weight is 314 g/mol. The second-order valence-electron chi connectivity index (χ2n) is 5.82. The van der Waals surface area contributed by atoms with Gasteiger partial charge < -0.3 is 19.4 Å². The van der Waals surface area contributed by atoms with E-state index in [-0.39, 0.29) is 11.9 Å². The molecule has 1 aliphatic rings. The number of carbonyl (C=O) groups excluding carboxylic acids is 1. The summed E-state index contributed by atoms with van der Waals surface area (Å²) in [6.07, 6.45) is 5.57. The third-order valence-corrected chi connectivity index (χ3v) is 4.50. The van der Waals surface area contributed by atoms with Gasteiger partial charge in [0.15, 0.2) is 0 Å². The van der Waals surface area contributed by atoms with E-state index in [0.717, 1.165) is 47.6 Å². The van der Waals surface area contributed by atoms with Gasteiger partial charge in [-0.1, -0.05) is 0 Å². The van der Waals surface area contributed by atoms with Gasteiger partial charge >= 0.3 is 0 Å². The number of aryl methyl sites for hydroxylation is 1. The monoisotopic (exact) mass is 314 g/mol. The van der Waals surface area contributed by atoms with Crippen molar-refractivity contribution in [2.45, 2.75) is 25.8 Å². The highest BCUT2D eigenvalue weighted by molar-refractivity contribution is 5.96. The van der Waals surface area contributed by atoms with E-state index in [1.54, 1.807) is 20.4 Å². The van der Waals surface area contributed by atoms with Gasteiger partial charge in [0.05, 0.1) is 25.8 Å². The van der Waals surface area contributed by atoms with Crippen LogP contribution in [0.15, 0.2) is 30.6 Å². The summed E-state index contributed by atoms with van der Waals surface area (Å²) in [5.74, 6) is 1.59. The summed E-state index contributed by atoms with van der Waals surface area (Å²) in [6, 6.07) is 5.83. The normalized spacial score (nSPS) is 17.3. The summed E-state index contributed by atoms with van der Waals surface area (Å²) in [5.41, 5.74) is 2.75. The zero-order chi connectivity index (χ0) is 16.4. The SMILES string of the molecule is COc1ccc(C2CCCN2C(=O)c2c[nH]cc2C)c(OC)c1. The number of hydrogen-bond donors (Lipinski definition) is 1. The van der Waals surface area contributed by atoms with Gasteiger partial charge in [-0.2, -0.15) is 0 Å². The van der Waals surface area contributed by atoms with Gasteiger partial charge in [-0.25, -0.2) is 0 Å². The van der Waals surface area contributed by atoms with Gasteiger partial charge in [0.2, 0.25) is 0 Å². The highest BCUT2D eigenvalue weighted by atomic mass is 16.5. The zero-order valence-electron chi connectivity index (χ0n) is 13.8. The molecule has 0 saturated carbocycles. The van der Waals surface area contributed by atoms with Crippen molar-refractivity contribution in [3.8, 4) is 11.5 Å². The first-order valence-electron chi connectivity index (χ1n) is 7.82. The maximum atomic E-state index is 12.9. The van der Waals surface area contributed by atoms with Crippen molar-refractivity contribution in [1.82, 2.24) is 9.88 Å². The second kappa shape index (κ2) is 6.36. The Morgan fingerprint density at radius 3 is 2.74 bits per heavy atom. The predicted octanol–water partition coefficient (Wildman–Crippen LogP) is 3.32. The number of H-pyrrole nitrogens is 1. The van der Waals surface area contributed by atoms with Crippen molar-refractivity contribution in [2.75, 3.05) is 20.8 Å². The van der Waals surface area contributed by atoms with Gasteiger partial charge in [0.1, 0.15) is 11.5 Å². The summed E-state index contributed by atoms with van der Waals surface area (Å²) >= 11 is 0. The van der Waals surface area contributed by atoms with Crippen LogP contribution in [-0.4, -0.2) is 36.6 Å². The number of ether oxygens (including phenoxy) is 2. The average Bonchev–Trinajstić information content (AvgIpc) is 3.22. The molecule has 5 heteroatoms. The van der Waals surface area contributed by atoms with E-state index >= 15 is 0 Å². The molecule has 2 heterocycles. The lowest BCUT2D eigenvalue weighted by Gasteiger charge is -2.26. The van der Waals surface area contributed by atoms with E-state index in [1.165, 1.54) is 0 Å². The van der Waals surface area contributed by atoms with Crippen LogP contribution < -0.4 is 9.47 Å². The molecule has 1 saturated heterocycles. The maximum absolute atomic E-state index is 12.9. The zero-order valence-corrected chi connectivity index (χ0v) is 13.8. The number of amides is 1. The van der Waals surface area contributed by atoms with Crippen molar-refractivity contribution < 1.29 is 14.3 Å². The van der Waals surface area contributed by atoms with Gasteiger partial charge in [0.25, 0.3) is 5.91 Å². The summed E-state index contributed by atoms with van der Waals surface area (Å²) in [4.78, 5) is 17.8. The van der Waals surface area contributed by atoms with Crippen molar-refractivity contribution in [3.63, 3.8) is 0 Å². The second-order valence-corrected chi connectivity index (χ2v) is 5.82. The maximum Gasteiger partial charge on any atom is 0.256 e. The molecule has 1 amide bonds. The van der Waals surface area contributed by atoms with E-state index in [1.807, 2.05) is 36.2 Å². The Morgan fingerprint density at radius 1 is 1.26 bits per heavy atom. The first-order chi connectivity index (χ1) is 11.2. The molecule has 0 aliphatic carbocycles. The molecule has 0 spiro atoms. The Hall–Kier alpha value is -2.43. The number of nitrogens with zero attached hydrogens (tertiary/aromatic N) is 1. The van der Waals surface area contributed by atoms with Crippen LogP contribution in [0.3, 0.4) is 0 Å². The standard InChI is InChI=1S/C18H22N2O3/c1-12-10-19-11-15(12)18(21)20-8-4-5-16(20)14-7-6-13(22-2)9-17(14)23-3/h6-7,9-11,16,19H,4-5,8H2,1-3H3. The van der Waals surface area contributed by atoms with Crippen LogP contribution in [0, 0.1) is 6.92 Å². The van der Waals surface area contributed by atoms with Crippen LogP contribution in [0.5, 0.6) is 11.5 Å². The number of aromatic nitrogens is 1. The lowest BCUT2D eigenvalue weighted by molar-refractivity contribution is 0.0733. The van der Waals surface area contributed by atoms with Gasteiger partial charge in [-0.05, 0) is 37.5 Å². The van der Waals surface area contributed by atoms with Crippen LogP contribution in [0.1, 0.15) is 40.4 Å². The summed E-state index contributed by atoms with van der Waals surface area (Å²) in [7, 11) is 3.28. The molecule has 2 aromatic rings. The molecule has 5 nitrogen and oxygen atoms in total. The number of nitrogens with one attached hydrogen (secondary N) is 1. The minimum absolute atomic E-state index is 0.0395. The third kappa shape index (κ3) is 2.79. The Bertz CT molecular complexity index is 708. The van der Waals surface area contributed by atoms with Gasteiger partial charge in [0, 0.05) is 30.6 Å². The number of rotatable bonds is 4. The molecule has 0 bridgehead atoms. The van der Waals surface area contributed by atoms with Gasteiger partial charge in [-0.3, -0.25) is 4.79 Å². The topological polar surface area (TPSA) is 54.6 Å². The number of aromatic amines is 1. The van der Waals surface area contributed by atoms with Crippen LogP contribution in [-0.2, 0) is 0 Å². The first-order valence-corrected chi connectivity index (χ1v) is 7.82. The number of benzene rings is 1. The summed E-state index contributed by atoms with van der Waals surface area (Å²) in [6.45, 7) is 2.71. The molecule has 23 heavy (non-hydrogen) atoms. The van der Waals surface area contributed by atoms with Crippen LogP contribution in [0.25, 0.3) is 0 Å². The molecule has 1 unspecified atom stereocenters. The lowest BCUT2D eigenvalue weighted by atomic mass is 10.0. The molecule has 1 aliphatic heterocycles. The lowest BCUT2D eigenvalue weighted by Crippen LogP contribution is -2.30. The van der Waals surface area contributed by atoms with Crippen molar-refractivity contribution in [3.05, 3.63) is 47.3 Å². The molecular formula is C18H22N2O3. The summed E-state index contributed by atoms with van der Waals surface area (Å²) < 4.78 is 10.8. The van der Waals surface area contributed by atoms with E-state index in [2.05, 4.69) is 4.98 Å². The first kappa shape index (κ1) is 15.5. The van der Waals surface area contributed by atoms with Crippen LogP contribution >= 0.6 is 0 Å². The molecule has 0 radical (unpaired) electrons. The minimum atomic E-state index is 0.0395. The third-order valence-electron chi connectivity index (χ3n) is 4.50. The largest absolute Gasteiger partial charge is 0.497 e. The predicted molar refractivity (Wildman–Crippen MR) is 88.1 cm³/mol. The Balaban J connectivity index is 1.93. The van der Waals surface area contributed by atoms with E-state index < -0.39 is 0 Å². The van der Waals surface area contributed by atoms with E-state index in [4.69, 9.17) is 9.47 Å². The Kier molecular flexibility index (Phi) is 4.28. The Morgan fingerprint density at radius 2 is 2.09 bits per heavy atom. The highest BCUT2D eigenvalue weighted by Crippen LogP contribution is 2.39. The van der Waals surface area contributed by atoms with Crippen LogP contribution in [0.4, 0.5) is 0 Å². The van der Waals surface area contributed by atoms with Crippen molar-refractivity contribution >= 4 is 5.91 Å². The summed E-state index contributed by atoms with van der Waals surface area (Å²) in [5, 5.41) is 0. The molecular weight excluding hydrogens is 292 g/mol. The molecule has 1 aromatic carbocycles. The Labute approximate surface area is 136 Å². The smallest absolute Gasteiger partial charge is 0.256 e. The van der Waals surface area contributed by atoms with E-state index in [9.17, 15) is 4.79 Å². The van der Waals surface area contributed by atoms with Crippen LogP contribution in [0.2, 0.25) is 0 Å². The van der Waals surface area contributed by atoms with Crippen molar-refractivity contribution in [2.24, 2.45) is 0 Å². The number of likely N-dealkylation sites (tertiary alicyclic amines) is 1. The molecule has 3 rings (SSSR count). The fourth-order valence-corrected chi connectivity index (χ4v) is 3.25. The molecule has 1 atom stereocenters. The highest BCUT2D eigenvalue weighted by Gasteiger charge is 2.33. The van der Waals surface area contributed by atoms with Crippen molar-refractivity contribution in [1.29, 1.82) is 0 Å². The fourth-order valence-electron chi connectivity index (χ4n) is 3.25. The molecule has 1 fully saturated rings. The quantitative estimate of drug-likeness (QED) is 0.942. The molecule has 1 aromatic heterocycles. The molecule has 122 valence electrons.